The average Bonchev–Trinajstić information content (AvgIpc) is 3.71. The largest absolute Gasteiger partial charge is 0.481 e. The number of ether oxygens (including phenoxy) is 1. The van der Waals surface area contributed by atoms with Gasteiger partial charge in [-0.1, -0.05) is 59.2 Å². The van der Waals surface area contributed by atoms with E-state index < -0.39 is 90.7 Å². The molecular formula is C32H56N7O18P3S. The van der Waals surface area contributed by atoms with E-state index in [4.69, 9.17) is 19.5 Å². The predicted molar refractivity (Wildman–Crippen MR) is 216 cm³/mol. The van der Waals surface area contributed by atoms with Crippen molar-refractivity contribution in [3.8, 4) is 0 Å². The fourth-order valence-corrected chi connectivity index (χ4v) is 9.32. The first-order valence-electron chi connectivity index (χ1n) is 18.9. The van der Waals surface area contributed by atoms with E-state index in [0.717, 1.165) is 48.2 Å². The number of carbonyl (C=O) groups excluding carboxylic acids is 3. The Hall–Kier alpha value is -2.48. The zero-order valence-corrected chi connectivity index (χ0v) is 37.6. The number of nitrogens with two attached hydrogens (primary N) is 1. The van der Waals surface area contributed by atoms with Crippen LogP contribution in [-0.4, -0.2) is 134 Å². The quantitative estimate of drug-likeness (QED) is 0.0462. The first-order valence-corrected chi connectivity index (χ1v) is 24.4. The van der Waals surface area contributed by atoms with Gasteiger partial charge in [0.05, 0.1) is 25.6 Å². The number of hydrogen-bond donors (Lipinski definition) is 10. The van der Waals surface area contributed by atoms with Crippen LogP contribution in [0.1, 0.15) is 73.0 Å². The molecule has 9 atom stereocenters. The molecule has 1 aliphatic rings. The molecule has 0 radical (unpaired) electrons. The molecule has 1 fully saturated rings. The number of amides is 2. The highest BCUT2D eigenvalue weighted by atomic mass is 32.2. The zero-order chi connectivity index (χ0) is 45.9. The number of thioether (sulfide) groups is 1. The van der Waals surface area contributed by atoms with Gasteiger partial charge in [0.25, 0.3) is 0 Å². The number of rotatable bonds is 26. The fraction of sp³-hybridized carbons (Fsp3) is 0.750. The van der Waals surface area contributed by atoms with Crippen LogP contribution in [0.5, 0.6) is 0 Å². The van der Waals surface area contributed by atoms with E-state index in [-0.39, 0.29) is 59.7 Å². The molecule has 0 spiro atoms. The van der Waals surface area contributed by atoms with Gasteiger partial charge >= 0.3 is 23.5 Å². The molecule has 1 aliphatic heterocycles. The van der Waals surface area contributed by atoms with Crippen LogP contribution in [0.4, 0.5) is 5.82 Å². The van der Waals surface area contributed by atoms with Gasteiger partial charge in [-0.05, 0) is 18.3 Å². The summed E-state index contributed by atoms with van der Waals surface area (Å²) < 4.78 is 62.2. The molecule has 0 aliphatic carbocycles. The van der Waals surface area contributed by atoms with Crippen LogP contribution in [-0.2, 0) is 50.7 Å². The zero-order valence-electron chi connectivity index (χ0n) is 34.1. The summed E-state index contributed by atoms with van der Waals surface area (Å²) in [6.07, 6.45) is -4.91. The minimum atomic E-state index is -5.58. The molecule has 11 N–H and O–H groups in total. The average molecular weight is 952 g/mol. The van der Waals surface area contributed by atoms with Gasteiger partial charge < -0.3 is 56.0 Å². The molecular weight excluding hydrogens is 895 g/mol. The van der Waals surface area contributed by atoms with E-state index in [1.165, 1.54) is 13.8 Å². The molecule has 2 aromatic rings. The number of hydrogen-bond acceptors (Lipinski definition) is 19. The standard InChI is InChI=1S/C32H56N7O18P3S/c1-18(2)7-6-8-19(3)20(40)13-23(42)61-12-11-34-22(41)9-10-35-30(45)27(44)32(4,5)15-54-60(51,52)57-59(49,50)53-14-21-26(56-58(46,47)48)25(43)31(55-21)39-17-38-24-28(33)36-16-37-29(24)39/h16-21,25-27,31,40,43-44H,6-15H2,1-5H3,(H,34,41)(H,35,45)(H,49,50)(H,51,52)(H2,33,36,37)(H2,46,47,48)/t19-,20-,21+,25-,26-,27-,31+/m1/s1. The molecule has 1 saturated heterocycles. The highest BCUT2D eigenvalue weighted by Gasteiger charge is 2.50. The number of nitrogens with zero attached hydrogens (tertiary/aromatic N) is 4. The second-order valence-electron chi connectivity index (χ2n) is 15.4. The first-order chi connectivity index (χ1) is 28.2. The van der Waals surface area contributed by atoms with Crippen molar-refractivity contribution in [2.24, 2.45) is 17.3 Å². The van der Waals surface area contributed by atoms with Crippen molar-refractivity contribution in [3.05, 3.63) is 12.7 Å². The molecule has 2 amide bonds. The number of nitrogens with one attached hydrogen (secondary N) is 2. The minimum absolute atomic E-state index is 0.00332. The maximum Gasteiger partial charge on any atom is 0.481 e. The van der Waals surface area contributed by atoms with E-state index in [0.29, 0.717) is 5.92 Å². The number of anilines is 1. The van der Waals surface area contributed by atoms with Crippen molar-refractivity contribution in [2.45, 2.75) is 103 Å². The molecule has 348 valence electrons. The van der Waals surface area contributed by atoms with E-state index in [1.54, 1.807) is 0 Å². The number of aliphatic hydroxyl groups is 3. The topological polar surface area (TPSA) is 384 Å². The second kappa shape index (κ2) is 22.9. The Balaban J connectivity index is 1.42. The van der Waals surface area contributed by atoms with Crippen molar-refractivity contribution >= 4 is 69.1 Å². The summed E-state index contributed by atoms with van der Waals surface area (Å²) in [6, 6.07) is 0. The van der Waals surface area contributed by atoms with Crippen LogP contribution >= 0.6 is 35.2 Å². The number of fused-ring (bicyclic) bond motifs is 1. The van der Waals surface area contributed by atoms with Crippen LogP contribution in [0.25, 0.3) is 11.2 Å². The van der Waals surface area contributed by atoms with Crippen LogP contribution < -0.4 is 16.4 Å². The normalized spacial score (nSPS) is 22.0. The molecule has 2 unspecified atom stereocenters. The first kappa shape index (κ1) is 52.9. The summed E-state index contributed by atoms with van der Waals surface area (Å²) in [7, 11) is -16.4. The lowest BCUT2D eigenvalue weighted by atomic mass is 9.87. The summed E-state index contributed by atoms with van der Waals surface area (Å²) >= 11 is 0.985. The number of carbonyl (C=O) groups is 3. The number of aromatic nitrogens is 4. The van der Waals surface area contributed by atoms with Gasteiger partial charge in [-0.2, -0.15) is 4.31 Å². The molecule has 2 aromatic heterocycles. The molecule has 3 heterocycles. The van der Waals surface area contributed by atoms with E-state index in [2.05, 4.69) is 48.3 Å². The van der Waals surface area contributed by atoms with Gasteiger partial charge in [0, 0.05) is 37.1 Å². The molecule has 29 heteroatoms. The second-order valence-corrected chi connectivity index (χ2v) is 20.8. The van der Waals surface area contributed by atoms with Gasteiger partial charge in [-0.25, -0.2) is 28.6 Å². The van der Waals surface area contributed by atoms with Crippen molar-refractivity contribution in [3.63, 3.8) is 0 Å². The number of phosphoric ester groups is 3. The monoisotopic (exact) mass is 951 g/mol. The van der Waals surface area contributed by atoms with Crippen LogP contribution in [0.15, 0.2) is 12.7 Å². The maximum atomic E-state index is 12.7. The lowest BCUT2D eigenvalue weighted by Crippen LogP contribution is -2.46. The summed E-state index contributed by atoms with van der Waals surface area (Å²) in [6.45, 7) is 6.53. The van der Waals surface area contributed by atoms with Crippen molar-refractivity contribution in [1.82, 2.24) is 30.2 Å². The summed E-state index contributed by atoms with van der Waals surface area (Å²) in [5.41, 5.74) is 4.24. The third-order valence-electron chi connectivity index (χ3n) is 9.24. The van der Waals surface area contributed by atoms with Crippen molar-refractivity contribution in [2.75, 3.05) is 37.8 Å². The highest BCUT2D eigenvalue weighted by molar-refractivity contribution is 8.13. The molecule has 61 heavy (non-hydrogen) atoms. The van der Waals surface area contributed by atoms with Gasteiger partial charge in [-0.3, -0.25) is 32.5 Å². The third-order valence-corrected chi connectivity index (χ3v) is 13.2. The van der Waals surface area contributed by atoms with E-state index in [1.807, 2.05) is 6.92 Å². The van der Waals surface area contributed by atoms with Crippen molar-refractivity contribution < 1.29 is 85.6 Å². The molecule has 0 aromatic carbocycles. The van der Waals surface area contributed by atoms with Gasteiger partial charge in [0.15, 0.2) is 22.8 Å². The Morgan fingerprint density at radius 3 is 2.33 bits per heavy atom. The maximum absolute atomic E-state index is 12.7. The smallest absolute Gasteiger partial charge is 0.392 e. The SMILES string of the molecule is CC(C)CCC[C@@H](C)[C@H](O)CC(=O)SCCNC(=O)CCNC(=O)[C@@H](O)C(C)(C)COP(=O)(O)OP(=O)(O)OC[C@@H]1O[C@H](n2cnc3c(N)ncnc32)[C@H](O)[C@@H]1OP(=O)(O)O. The van der Waals surface area contributed by atoms with E-state index >= 15 is 0 Å². The number of nitrogen functional groups attached to an aromatic ring is 1. The summed E-state index contributed by atoms with van der Waals surface area (Å²) in [5, 5.41) is 36.6. The fourth-order valence-electron chi connectivity index (χ4n) is 5.77. The highest BCUT2D eigenvalue weighted by Crippen LogP contribution is 2.61. The van der Waals surface area contributed by atoms with E-state index in [9.17, 15) is 63.0 Å². The summed E-state index contributed by atoms with van der Waals surface area (Å²) in [5.74, 6) is -0.690. The Bertz CT molecular complexity index is 1940. The number of phosphoric acid groups is 3. The van der Waals surface area contributed by atoms with Gasteiger partial charge in [-0.15, -0.1) is 0 Å². The Labute approximate surface area is 355 Å². The molecule has 25 nitrogen and oxygen atoms in total. The van der Waals surface area contributed by atoms with Gasteiger partial charge in [0.1, 0.15) is 36.3 Å². The number of imidazole rings is 1. The Morgan fingerprint density at radius 2 is 1.67 bits per heavy atom. The summed E-state index contributed by atoms with van der Waals surface area (Å²) in [4.78, 5) is 88.1. The lowest BCUT2D eigenvalue weighted by Gasteiger charge is -2.30. The van der Waals surface area contributed by atoms with Crippen LogP contribution in [0, 0.1) is 17.3 Å². The number of aliphatic hydroxyl groups excluding tert-OH is 3. The minimum Gasteiger partial charge on any atom is -0.392 e. The van der Waals surface area contributed by atoms with Crippen LogP contribution in [0.3, 0.4) is 0 Å². The predicted octanol–water partition coefficient (Wildman–Crippen LogP) is 0.878. The Morgan fingerprint density at radius 1 is 1.00 bits per heavy atom. The molecule has 0 bridgehead atoms. The molecule has 3 rings (SSSR count). The Kier molecular flexibility index (Phi) is 19.9. The third kappa shape index (κ3) is 17.2. The van der Waals surface area contributed by atoms with Gasteiger partial charge in [0.2, 0.25) is 11.8 Å². The lowest BCUT2D eigenvalue weighted by molar-refractivity contribution is -0.137. The van der Waals surface area contributed by atoms with Crippen LogP contribution in [0.2, 0.25) is 0 Å². The molecule has 0 saturated carbocycles. The van der Waals surface area contributed by atoms with Crippen molar-refractivity contribution in [1.29, 1.82) is 0 Å².